The van der Waals surface area contributed by atoms with E-state index in [9.17, 15) is 9.90 Å². The van der Waals surface area contributed by atoms with Gasteiger partial charge >= 0.3 is 5.97 Å². The molecule has 4 rings (SSSR count). The summed E-state index contributed by atoms with van der Waals surface area (Å²) < 4.78 is 5.24. The van der Waals surface area contributed by atoms with E-state index < -0.39 is 5.97 Å². The lowest BCUT2D eigenvalue weighted by Crippen LogP contribution is -2.05. The third-order valence-electron chi connectivity index (χ3n) is 4.30. The number of ether oxygens (including phenoxy) is 1. The van der Waals surface area contributed by atoms with Gasteiger partial charge < -0.3 is 15.2 Å². The van der Waals surface area contributed by atoms with Crippen molar-refractivity contribution in [1.29, 1.82) is 0 Å². The molecule has 0 fully saturated rings. The van der Waals surface area contributed by atoms with Crippen LogP contribution in [0.3, 0.4) is 0 Å². The van der Waals surface area contributed by atoms with Crippen LogP contribution in [-0.4, -0.2) is 23.2 Å². The molecule has 0 radical (unpaired) electrons. The molecule has 2 N–H and O–H groups in total. The summed E-state index contributed by atoms with van der Waals surface area (Å²) in [6.07, 6.45) is 0. The largest absolute Gasteiger partial charge is 0.497 e. The highest BCUT2D eigenvalue weighted by Gasteiger charge is 2.15. The Hall–Kier alpha value is -3.60. The van der Waals surface area contributed by atoms with E-state index in [0.717, 1.165) is 21.8 Å². The van der Waals surface area contributed by atoms with Gasteiger partial charge in [-0.05, 0) is 29.7 Å². The zero-order chi connectivity index (χ0) is 18.1. The summed E-state index contributed by atoms with van der Waals surface area (Å²) in [6.45, 7) is 0. The molecule has 0 saturated heterocycles. The van der Waals surface area contributed by atoms with Gasteiger partial charge in [0.1, 0.15) is 17.1 Å². The van der Waals surface area contributed by atoms with Gasteiger partial charge in [0.15, 0.2) is 0 Å². The van der Waals surface area contributed by atoms with Crippen LogP contribution in [0.1, 0.15) is 10.4 Å². The number of nitrogens with one attached hydrogen (secondary N) is 1. The number of pyridine rings is 1. The third kappa shape index (κ3) is 2.80. The van der Waals surface area contributed by atoms with Crippen molar-refractivity contribution in [1.82, 2.24) is 4.98 Å². The van der Waals surface area contributed by atoms with Crippen LogP contribution in [-0.2, 0) is 0 Å². The van der Waals surface area contributed by atoms with Crippen LogP contribution >= 0.6 is 0 Å². The van der Waals surface area contributed by atoms with Crippen molar-refractivity contribution in [3.8, 4) is 5.75 Å². The monoisotopic (exact) mass is 344 g/mol. The molecule has 0 aliphatic rings. The van der Waals surface area contributed by atoms with Gasteiger partial charge in [-0.25, -0.2) is 9.78 Å². The molecule has 5 heteroatoms. The maximum Gasteiger partial charge on any atom is 0.339 e. The Morgan fingerprint density at radius 3 is 2.62 bits per heavy atom. The van der Waals surface area contributed by atoms with Crippen molar-refractivity contribution in [2.24, 2.45) is 0 Å². The van der Waals surface area contributed by atoms with Crippen LogP contribution in [0.25, 0.3) is 21.7 Å². The molecule has 0 amide bonds. The maximum absolute atomic E-state index is 11.7. The molecule has 0 bridgehead atoms. The Morgan fingerprint density at radius 1 is 1.00 bits per heavy atom. The van der Waals surface area contributed by atoms with Crippen molar-refractivity contribution in [2.45, 2.75) is 0 Å². The molecule has 5 nitrogen and oxygen atoms in total. The first-order chi connectivity index (χ1) is 12.7. The van der Waals surface area contributed by atoms with Crippen LogP contribution < -0.4 is 10.1 Å². The second-order valence-electron chi connectivity index (χ2n) is 5.90. The van der Waals surface area contributed by atoms with Crippen molar-refractivity contribution in [3.63, 3.8) is 0 Å². The fourth-order valence-corrected chi connectivity index (χ4v) is 2.99. The van der Waals surface area contributed by atoms with Gasteiger partial charge in [-0.1, -0.05) is 36.4 Å². The number of rotatable bonds is 4. The van der Waals surface area contributed by atoms with E-state index >= 15 is 0 Å². The van der Waals surface area contributed by atoms with Crippen LogP contribution in [0, 0.1) is 0 Å². The highest BCUT2D eigenvalue weighted by Crippen LogP contribution is 2.29. The summed E-state index contributed by atoms with van der Waals surface area (Å²) >= 11 is 0. The van der Waals surface area contributed by atoms with Gasteiger partial charge in [0.25, 0.3) is 0 Å². The minimum absolute atomic E-state index is 0.121. The Kier molecular flexibility index (Phi) is 3.89. The lowest BCUT2D eigenvalue weighted by molar-refractivity contribution is 0.0698. The summed E-state index contributed by atoms with van der Waals surface area (Å²) in [7, 11) is 1.59. The van der Waals surface area contributed by atoms with Gasteiger partial charge in [0.05, 0.1) is 12.6 Å². The summed E-state index contributed by atoms with van der Waals surface area (Å²) in [5.74, 6) is -0.0586. The van der Waals surface area contributed by atoms with Crippen LogP contribution in [0.15, 0.2) is 66.7 Å². The molecular weight excluding hydrogens is 328 g/mol. The number of fused-ring (bicyclic) bond motifs is 2. The average Bonchev–Trinajstić information content (AvgIpc) is 2.67. The second kappa shape index (κ2) is 6.37. The number of carboxylic acid groups (broad SMARTS) is 1. The predicted octanol–water partition coefficient (Wildman–Crippen LogP) is 4.84. The highest BCUT2D eigenvalue weighted by molar-refractivity contribution is 6.01. The van der Waals surface area contributed by atoms with Gasteiger partial charge in [-0.3, -0.25) is 0 Å². The Balaban J connectivity index is 1.88. The highest BCUT2D eigenvalue weighted by atomic mass is 16.5. The quantitative estimate of drug-likeness (QED) is 0.554. The summed E-state index contributed by atoms with van der Waals surface area (Å²) in [6, 6.07) is 20.8. The summed E-state index contributed by atoms with van der Waals surface area (Å²) in [5.41, 5.74) is 1.59. The fraction of sp³-hybridized carbons (Fsp3) is 0.0476. The molecule has 26 heavy (non-hydrogen) atoms. The maximum atomic E-state index is 11.7. The molecule has 3 aromatic carbocycles. The Bertz CT molecular complexity index is 1130. The normalized spacial score (nSPS) is 10.8. The lowest BCUT2D eigenvalue weighted by atomic mass is 10.1. The first-order valence-corrected chi connectivity index (χ1v) is 8.12. The van der Waals surface area contributed by atoms with E-state index in [1.54, 1.807) is 31.4 Å². The Labute approximate surface area is 149 Å². The van der Waals surface area contributed by atoms with Crippen molar-refractivity contribution in [3.05, 3.63) is 72.3 Å². The number of anilines is 2. The summed E-state index contributed by atoms with van der Waals surface area (Å²) in [5, 5.41) is 15.6. The number of methoxy groups -OCH3 is 1. The molecule has 1 heterocycles. The third-order valence-corrected chi connectivity index (χ3v) is 4.30. The molecule has 0 atom stereocenters. The van der Waals surface area contributed by atoms with Gasteiger partial charge in [0, 0.05) is 22.5 Å². The number of carbonyl (C=O) groups is 1. The predicted molar refractivity (Wildman–Crippen MR) is 102 cm³/mol. The number of hydrogen-bond donors (Lipinski definition) is 2. The smallest absolute Gasteiger partial charge is 0.339 e. The first kappa shape index (κ1) is 15.9. The SMILES string of the molecule is COc1ccc2cc(C(=O)O)c(Nc3cccc4ccccc34)nc2c1. The standard InChI is InChI=1S/C21H16N2O3/c1-26-15-10-9-14-11-17(21(24)25)20(23-19(14)12-15)22-18-8-4-6-13-5-2-3-7-16(13)18/h2-12H,1H3,(H,22,23)(H,24,25). The van der Waals surface area contributed by atoms with Crippen molar-refractivity contribution in [2.75, 3.05) is 12.4 Å². The molecule has 0 spiro atoms. The molecular formula is C21H16N2O3. The number of aromatic carboxylic acids is 1. The molecule has 1 aromatic heterocycles. The molecule has 0 aliphatic carbocycles. The van der Waals surface area contributed by atoms with E-state index in [4.69, 9.17) is 4.74 Å². The van der Waals surface area contributed by atoms with E-state index in [0.29, 0.717) is 17.1 Å². The number of benzene rings is 3. The lowest BCUT2D eigenvalue weighted by Gasteiger charge is -2.13. The van der Waals surface area contributed by atoms with Gasteiger partial charge in [0.2, 0.25) is 0 Å². The van der Waals surface area contributed by atoms with Crippen LogP contribution in [0.2, 0.25) is 0 Å². The van der Waals surface area contributed by atoms with Crippen molar-refractivity contribution < 1.29 is 14.6 Å². The van der Waals surface area contributed by atoms with E-state index in [-0.39, 0.29) is 5.56 Å². The van der Waals surface area contributed by atoms with Crippen molar-refractivity contribution >= 4 is 39.1 Å². The number of hydrogen-bond acceptors (Lipinski definition) is 4. The molecule has 4 aromatic rings. The second-order valence-corrected chi connectivity index (χ2v) is 5.90. The molecule has 128 valence electrons. The molecule has 0 aliphatic heterocycles. The van der Waals surface area contributed by atoms with Crippen LogP contribution in [0.4, 0.5) is 11.5 Å². The van der Waals surface area contributed by atoms with E-state index in [1.807, 2.05) is 42.5 Å². The molecule has 0 saturated carbocycles. The van der Waals surface area contributed by atoms with Gasteiger partial charge in [-0.2, -0.15) is 0 Å². The molecule has 0 unspecified atom stereocenters. The number of carboxylic acids is 1. The number of aromatic nitrogens is 1. The first-order valence-electron chi connectivity index (χ1n) is 8.12. The summed E-state index contributed by atoms with van der Waals surface area (Å²) in [4.78, 5) is 16.3. The minimum Gasteiger partial charge on any atom is -0.497 e. The fourth-order valence-electron chi connectivity index (χ4n) is 2.99. The zero-order valence-electron chi connectivity index (χ0n) is 14.1. The van der Waals surface area contributed by atoms with Gasteiger partial charge in [-0.15, -0.1) is 0 Å². The van der Waals surface area contributed by atoms with E-state index in [1.165, 1.54) is 0 Å². The minimum atomic E-state index is -1.03. The average molecular weight is 344 g/mol. The Morgan fingerprint density at radius 2 is 1.81 bits per heavy atom. The number of nitrogens with zero attached hydrogens (tertiary/aromatic N) is 1. The zero-order valence-corrected chi connectivity index (χ0v) is 14.1. The topological polar surface area (TPSA) is 71.5 Å². The van der Waals surface area contributed by atoms with Crippen LogP contribution in [0.5, 0.6) is 5.75 Å². The van der Waals surface area contributed by atoms with E-state index in [2.05, 4.69) is 10.3 Å².